The van der Waals surface area contributed by atoms with Gasteiger partial charge in [-0.25, -0.2) is 18.1 Å². The monoisotopic (exact) mass is 325 g/mol. The molecule has 1 aromatic heterocycles. The number of rotatable bonds is 7. The number of nitrogens with one attached hydrogen (secondary N) is 2. The Hall–Kier alpha value is -1.28. The predicted molar refractivity (Wildman–Crippen MR) is 84.9 cm³/mol. The summed E-state index contributed by atoms with van der Waals surface area (Å²) in [5.41, 5.74) is 1.05. The number of aromatic nitrogens is 1. The number of nitrogens with zero attached hydrogens (tertiary/aromatic N) is 1. The summed E-state index contributed by atoms with van der Waals surface area (Å²) in [6.07, 6.45) is 2.32. The van der Waals surface area contributed by atoms with Crippen molar-refractivity contribution in [2.24, 2.45) is 0 Å². The van der Waals surface area contributed by atoms with Gasteiger partial charge in [0.2, 0.25) is 10.0 Å². The Morgan fingerprint density at radius 2 is 2.00 bits per heavy atom. The fraction of sp³-hybridized carbons (Fsp3) is 0.357. The van der Waals surface area contributed by atoms with E-state index in [-0.39, 0.29) is 10.9 Å². The standard InChI is InChI=1S/C14H19N3O2S2/c1-11(15-2)12-3-5-13(6-4-12)21(18,19)17-8-7-14-16-9-10-20-14/h3-6,9-11,15,17H,7-8H2,1-2H3. The first-order valence-electron chi connectivity index (χ1n) is 6.68. The van der Waals surface area contributed by atoms with E-state index in [0.717, 1.165) is 10.6 Å². The molecule has 114 valence electrons. The maximum Gasteiger partial charge on any atom is 0.240 e. The molecule has 0 aliphatic heterocycles. The number of hydrogen-bond donors (Lipinski definition) is 2. The smallest absolute Gasteiger partial charge is 0.240 e. The second kappa shape index (κ2) is 7.13. The van der Waals surface area contributed by atoms with Crippen LogP contribution in [-0.4, -0.2) is 27.0 Å². The van der Waals surface area contributed by atoms with E-state index in [4.69, 9.17) is 0 Å². The SMILES string of the molecule is CNC(C)c1ccc(S(=O)(=O)NCCc2nccs2)cc1. The Kier molecular flexibility index (Phi) is 5.46. The lowest BCUT2D eigenvalue weighted by molar-refractivity contribution is 0.581. The molecule has 0 saturated heterocycles. The third-order valence-corrected chi connectivity index (χ3v) is 5.55. The van der Waals surface area contributed by atoms with Crippen LogP contribution in [0.3, 0.4) is 0 Å². The van der Waals surface area contributed by atoms with E-state index in [1.54, 1.807) is 18.3 Å². The molecule has 0 aliphatic carbocycles. The largest absolute Gasteiger partial charge is 0.313 e. The van der Waals surface area contributed by atoms with Gasteiger partial charge < -0.3 is 5.32 Å². The third-order valence-electron chi connectivity index (χ3n) is 3.24. The summed E-state index contributed by atoms with van der Waals surface area (Å²) in [6.45, 7) is 2.38. The highest BCUT2D eigenvalue weighted by Crippen LogP contribution is 2.15. The summed E-state index contributed by atoms with van der Waals surface area (Å²) in [6, 6.07) is 7.12. The van der Waals surface area contributed by atoms with Crippen LogP contribution < -0.4 is 10.0 Å². The van der Waals surface area contributed by atoms with Gasteiger partial charge in [0.05, 0.1) is 9.90 Å². The zero-order chi connectivity index (χ0) is 15.3. The van der Waals surface area contributed by atoms with Crippen molar-refractivity contribution >= 4 is 21.4 Å². The van der Waals surface area contributed by atoms with Gasteiger partial charge in [-0.3, -0.25) is 0 Å². The van der Waals surface area contributed by atoms with Crippen LogP contribution in [-0.2, 0) is 16.4 Å². The quantitative estimate of drug-likeness (QED) is 0.816. The lowest BCUT2D eigenvalue weighted by Gasteiger charge is -2.11. The highest BCUT2D eigenvalue weighted by molar-refractivity contribution is 7.89. The topological polar surface area (TPSA) is 71.1 Å². The minimum absolute atomic E-state index is 0.194. The highest BCUT2D eigenvalue weighted by Gasteiger charge is 2.14. The highest BCUT2D eigenvalue weighted by atomic mass is 32.2. The number of thiazole rings is 1. The van der Waals surface area contributed by atoms with Gasteiger partial charge >= 0.3 is 0 Å². The summed E-state index contributed by atoms with van der Waals surface area (Å²) in [5.74, 6) is 0. The van der Waals surface area contributed by atoms with Crippen LogP contribution in [0.15, 0.2) is 40.7 Å². The van der Waals surface area contributed by atoms with Gasteiger partial charge in [0.15, 0.2) is 0 Å². The van der Waals surface area contributed by atoms with Gasteiger partial charge in [0.25, 0.3) is 0 Å². The molecule has 0 aliphatic rings. The van der Waals surface area contributed by atoms with Gasteiger partial charge in [-0.05, 0) is 31.7 Å². The number of benzene rings is 1. The Balaban J connectivity index is 1.98. The second-order valence-corrected chi connectivity index (χ2v) is 7.40. The van der Waals surface area contributed by atoms with E-state index in [1.165, 1.54) is 11.3 Å². The number of hydrogen-bond acceptors (Lipinski definition) is 5. The van der Waals surface area contributed by atoms with Crippen molar-refractivity contribution in [3.63, 3.8) is 0 Å². The summed E-state index contributed by atoms with van der Waals surface area (Å²) in [7, 11) is -1.59. The van der Waals surface area contributed by atoms with Crippen LogP contribution in [0.4, 0.5) is 0 Å². The first-order valence-corrected chi connectivity index (χ1v) is 9.04. The minimum Gasteiger partial charge on any atom is -0.313 e. The van der Waals surface area contributed by atoms with Gasteiger partial charge in [-0.15, -0.1) is 11.3 Å². The molecule has 5 nitrogen and oxygen atoms in total. The van der Waals surface area contributed by atoms with Crippen LogP contribution in [0, 0.1) is 0 Å². The molecular formula is C14H19N3O2S2. The van der Waals surface area contributed by atoms with E-state index < -0.39 is 10.0 Å². The average molecular weight is 325 g/mol. The van der Waals surface area contributed by atoms with Crippen LogP contribution in [0.1, 0.15) is 23.5 Å². The van der Waals surface area contributed by atoms with Gasteiger partial charge in [-0.1, -0.05) is 12.1 Å². The molecule has 0 saturated carbocycles. The van der Waals surface area contributed by atoms with E-state index in [1.807, 2.05) is 31.5 Å². The molecular weight excluding hydrogens is 306 g/mol. The minimum atomic E-state index is -3.46. The average Bonchev–Trinajstić information content (AvgIpc) is 2.99. The van der Waals surface area contributed by atoms with Crippen LogP contribution in [0.5, 0.6) is 0 Å². The van der Waals surface area contributed by atoms with Crippen molar-refractivity contribution in [1.29, 1.82) is 0 Å². The van der Waals surface area contributed by atoms with Crippen LogP contribution in [0.2, 0.25) is 0 Å². The van der Waals surface area contributed by atoms with Crippen molar-refractivity contribution in [3.05, 3.63) is 46.4 Å². The van der Waals surface area contributed by atoms with Crippen molar-refractivity contribution in [3.8, 4) is 0 Å². The molecule has 0 radical (unpaired) electrons. The summed E-state index contributed by atoms with van der Waals surface area (Å²) >= 11 is 1.52. The Labute approximate surface area is 129 Å². The van der Waals surface area contributed by atoms with Gasteiger partial charge in [0.1, 0.15) is 0 Å². The van der Waals surface area contributed by atoms with Crippen molar-refractivity contribution in [1.82, 2.24) is 15.0 Å². The van der Waals surface area contributed by atoms with Crippen LogP contribution in [0.25, 0.3) is 0 Å². The zero-order valence-corrected chi connectivity index (χ0v) is 13.7. The molecule has 0 fully saturated rings. The lowest BCUT2D eigenvalue weighted by atomic mass is 10.1. The fourth-order valence-electron chi connectivity index (χ4n) is 1.85. The van der Waals surface area contributed by atoms with Crippen molar-refractivity contribution in [2.45, 2.75) is 24.3 Å². The Morgan fingerprint density at radius 1 is 1.29 bits per heavy atom. The molecule has 2 aromatic rings. The van der Waals surface area contributed by atoms with E-state index in [2.05, 4.69) is 15.0 Å². The summed E-state index contributed by atoms with van der Waals surface area (Å²) < 4.78 is 26.9. The first kappa shape index (κ1) is 16.1. The van der Waals surface area contributed by atoms with Gasteiger partial charge in [-0.2, -0.15) is 0 Å². The van der Waals surface area contributed by atoms with Gasteiger partial charge in [0, 0.05) is 30.6 Å². The molecule has 2 rings (SSSR count). The second-order valence-electron chi connectivity index (χ2n) is 4.65. The molecule has 21 heavy (non-hydrogen) atoms. The molecule has 1 unspecified atom stereocenters. The van der Waals surface area contributed by atoms with E-state index in [9.17, 15) is 8.42 Å². The zero-order valence-electron chi connectivity index (χ0n) is 12.0. The van der Waals surface area contributed by atoms with E-state index in [0.29, 0.717) is 13.0 Å². The van der Waals surface area contributed by atoms with E-state index >= 15 is 0 Å². The third kappa shape index (κ3) is 4.34. The molecule has 1 aromatic carbocycles. The van der Waals surface area contributed by atoms with Crippen molar-refractivity contribution in [2.75, 3.05) is 13.6 Å². The maximum atomic E-state index is 12.2. The molecule has 0 amide bonds. The molecule has 1 atom stereocenters. The molecule has 0 bridgehead atoms. The van der Waals surface area contributed by atoms with Crippen molar-refractivity contribution < 1.29 is 8.42 Å². The predicted octanol–water partition coefficient (Wildman–Crippen LogP) is 1.94. The maximum absolute atomic E-state index is 12.2. The molecule has 2 N–H and O–H groups in total. The molecule has 7 heteroatoms. The Bertz CT molecular complexity index is 652. The fourth-order valence-corrected chi connectivity index (χ4v) is 3.51. The lowest BCUT2D eigenvalue weighted by Crippen LogP contribution is -2.26. The Morgan fingerprint density at radius 3 is 2.57 bits per heavy atom. The summed E-state index contributed by atoms with van der Waals surface area (Å²) in [5, 5.41) is 5.93. The number of sulfonamides is 1. The molecule has 0 spiro atoms. The van der Waals surface area contributed by atoms with Crippen LogP contribution >= 0.6 is 11.3 Å². The normalized spacial score (nSPS) is 13.2. The molecule has 1 heterocycles. The summed E-state index contributed by atoms with van der Waals surface area (Å²) in [4.78, 5) is 4.41. The first-order chi connectivity index (χ1) is 10.0.